The van der Waals surface area contributed by atoms with Gasteiger partial charge in [-0.3, -0.25) is 10.4 Å². The molecule has 5 N–H and O–H groups in total. The van der Waals surface area contributed by atoms with Gasteiger partial charge in [-0.2, -0.15) is 4.31 Å². The van der Waals surface area contributed by atoms with Crippen LogP contribution < -0.4 is 16.4 Å². The van der Waals surface area contributed by atoms with E-state index in [4.69, 9.17) is 15.9 Å². The van der Waals surface area contributed by atoms with Crippen molar-refractivity contribution in [2.24, 2.45) is 5.73 Å². The van der Waals surface area contributed by atoms with Crippen molar-refractivity contribution in [2.45, 2.75) is 25.2 Å². The van der Waals surface area contributed by atoms with E-state index in [1.807, 2.05) is 25.3 Å². The molecule has 0 unspecified atom stereocenters. The van der Waals surface area contributed by atoms with Gasteiger partial charge in [-0.05, 0) is 49.6 Å². The number of sulfonamides is 1. The van der Waals surface area contributed by atoms with E-state index < -0.39 is 10.0 Å². The molecular weight excluding hydrogens is 562 g/mol. The van der Waals surface area contributed by atoms with Gasteiger partial charge in [-0.15, -0.1) is 0 Å². The van der Waals surface area contributed by atoms with E-state index in [1.165, 1.54) is 21.8 Å². The Morgan fingerprint density at radius 1 is 1.17 bits per heavy atom. The third kappa shape index (κ3) is 6.51. The third-order valence-corrected chi connectivity index (χ3v) is 9.70. The second kappa shape index (κ2) is 12.3. The molecule has 0 radical (unpaired) electrons. The first-order chi connectivity index (χ1) is 19.7. The average Bonchev–Trinajstić information content (AvgIpc) is 3.34. The van der Waals surface area contributed by atoms with Gasteiger partial charge in [0.05, 0.1) is 39.9 Å². The number of nitrogens with two attached hydrogens (primary N) is 1. The van der Waals surface area contributed by atoms with Crippen molar-refractivity contribution in [1.29, 1.82) is 5.41 Å². The molecule has 0 saturated carbocycles. The summed E-state index contributed by atoms with van der Waals surface area (Å²) in [5.41, 5.74) is 9.74. The fraction of sp³-hybridized carbons (Fsp3) is 0.296. The Labute approximate surface area is 242 Å². The van der Waals surface area contributed by atoms with Crippen LogP contribution in [0.1, 0.15) is 22.4 Å². The minimum absolute atomic E-state index is 0.167. The van der Waals surface area contributed by atoms with Crippen LogP contribution in [-0.2, 0) is 21.2 Å². The summed E-state index contributed by atoms with van der Waals surface area (Å²) >= 11 is 1.41. The predicted molar refractivity (Wildman–Crippen MR) is 159 cm³/mol. The van der Waals surface area contributed by atoms with Crippen molar-refractivity contribution >= 4 is 44.0 Å². The molecule has 1 aliphatic heterocycles. The first-order valence-electron chi connectivity index (χ1n) is 13.0. The SMILES string of the molecule is Cc1ccc(Nc2ncc(C(=N)N)c(-c3sc(NCCc4cccnc4)nc3C)n2)cc1S(=O)(=O)N1CCOCC1. The zero-order valence-corrected chi connectivity index (χ0v) is 24.3. The normalized spacial score (nSPS) is 14.1. The number of anilines is 3. The number of nitrogens with zero attached hydrogens (tertiary/aromatic N) is 5. The maximum atomic E-state index is 13.3. The Balaban J connectivity index is 1.39. The Hall–Kier alpha value is -3.98. The molecule has 0 amide bonds. The van der Waals surface area contributed by atoms with Crippen molar-refractivity contribution in [1.82, 2.24) is 24.2 Å². The van der Waals surface area contributed by atoms with Gasteiger partial charge in [0, 0.05) is 43.9 Å². The highest BCUT2D eigenvalue weighted by Crippen LogP contribution is 2.34. The van der Waals surface area contributed by atoms with E-state index in [-0.39, 0.29) is 16.7 Å². The van der Waals surface area contributed by atoms with Crippen molar-refractivity contribution in [2.75, 3.05) is 43.5 Å². The summed E-state index contributed by atoms with van der Waals surface area (Å²) in [5, 5.41) is 15.3. The third-order valence-electron chi connectivity index (χ3n) is 6.54. The molecule has 41 heavy (non-hydrogen) atoms. The summed E-state index contributed by atoms with van der Waals surface area (Å²) in [6.45, 7) is 5.68. The van der Waals surface area contributed by atoms with Crippen molar-refractivity contribution in [3.63, 3.8) is 0 Å². The van der Waals surface area contributed by atoms with Crippen LogP contribution in [0.5, 0.6) is 0 Å². The van der Waals surface area contributed by atoms with Crippen molar-refractivity contribution in [3.8, 4) is 10.6 Å². The number of pyridine rings is 1. The molecule has 0 aliphatic carbocycles. The largest absolute Gasteiger partial charge is 0.384 e. The van der Waals surface area contributed by atoms with Gasteiger partial charge in [-0.25, -0.2) is 23.4 Å². The predicted octanol–water partition coefficient (Wildman–Crippen LogP) is 3.32. The zero-order valence-electron chi connectivity index (χ0n) is 22.7. The monoisotopic (exact) mass is 593 g/mol. The lowest BCUT2D eigenvalue weighted by Gasteiger charge is -2.26. The van der Waals surface area contributed by atoms with Crippen LogP contribution in [0.4, 0.5) is 16.8 Å². The van der Waals surface area contributed by atoms with E-state index in [0.717, 1.165) is 27.7 Å². The Morgan fingerprint density at radius 2 is 1.98 bits per heavy atom. The number of benzene rings is 1. The van der Waals surface area contributed by atoms with E-state index in [9.17, 15) is 8.42 Å². The maximum Gasteiger partial charge on any atom is 0.243 e. The number of amidine groups is 1. The van der Waals surface area contributed by atoms with Crippen LogP contribution in [0.2, 0.25) is 0 Å². The zero-order chi connectivity index (χ0) is 29.0. The van der Waals surface area contributed by atoms with Gasteiger partial charge in [0.25, 0.3) is 0 Å². The first-order valence-corrected chi connectivity index (χ1v) is 15.3. The first kappa shape index (κ1) is 28.5. The lowest BCUT2D eigenvalue weighted by Crippen LogP contribution is -2.40. The van der Waals surface area contributed by atoms with E-state index in [2.05, 4.69) is 30.6 Å². The maximum absolute atomic E-state index is 13.3. The summed E-state index contributed by atoms with van der Waals surface area (Å²) in [6.07, 6.45) is 5.86. The highest BCUT2D eigenvalue weighted by atomic mass is 32.2. The van der Waals surface area contributed by atoms with E-state index >= 15 is 0 Å². The van der Waals surface area contributed by atoms with E-state index in [0.29, 0.717) is 55.4 Å². The van der Waals surface area contributed by atoms with Gasteiger partial charge in [0.1, 0.15) is 5.84 Å². The molecule has 3 aromatic heterocycles. The van der Waals surface area contributed by atoms with E-state index in [1.54, 1.807) is 31.3 Å². The molecule has 0 spiro atoms. The molecule has 0 atom stereocenters. The quantitative estimate of drug-likeness (QED) is 0.158. The standard InChI is InChI=1S/C27H31N9O3S2/c1-17-5-6-20(14-22(17)41(37,38)36-10-12-39-13-11-36)34-26-32-16-21(25(28)29)23(35-26)24-18(2)33-27(40-24)31-9-7-19-4-3-8-30-15-19/h3-6,8,14-16H,7,9-13H2,1-2H3,(H3,28,29)(H,31,33)(H,32,34,35). The number of aromatic nitrogens is 4. The number of ether oxygens (including phenoxy) is 1. The second-order valence-electron chi connectivity index (χ2n) is 9.46. The minimum Gasteiger partial charge on any atom is -0.384 e. The molecule has 1 saturated heterocycles. The van der Waals surface area contributed by atoms with Gasteiger partial charge in [-0.1, -0.05) is 23.5 Å². The van der Waals surface area contributed by atoms with Crippen LogP contribution in [0.25, 0.3) is 10.6 Å². The second-order valence-corrected chi connectivity index (χ2v) is 12.4. The Morgan fingerprint density at radius 3 is 2.71 bits per heavy atom. The molecule has 1 fully saturated rings. The van der Waals surface area contributed by atoms with Crippen LogP contribution in [-0.4, -0.2) is 71.3 Å². The highest BCUT2D eigenvalue weighted by molar-refractivity contribution is 7.89. The number of thiazole rings is 1. The van der Waals surface area contributed by atoms with Crippen LogP contribution in [0, 0.1) is 19.3 Å². The number of rotatable bonds is 10. The Bertz CT molecular complexity index is 1650. The van der Waals surface area contributed by atoms with Gasteiger partial charge in [0.2, 0.25) is 16.0 Å². The molecule has 14 heteroatoms. The summed E-state index contributed by atoms with van der Waals surface area (Å²) in [6, 6.07) is 9.04. The Kier molecular flexibility index (Phi) is 8.54. The summed E-state index contributed by atoms with van der Waals surface area (Å²) in [4.78, 5) is 18.8. The van der Waals surface area contributed by atoms with Crippen LogP contribution in [0.3, 0.4) is 0 Å². The fourth-order valence-corrected chi connectivity index (χ4v) is 7.03. The van der Waals surface area contributed by atoms with Crippen LogP contribution in [0.15, 0.2) is 53.8 Å². The highest BCUT2D eigenvalue weighted by Gasteiger charge is 2.28. The molecule has 4 heterocycles. The molecule has 0 bridgehead atoms. The smallest absolute Gasteiger partial charge is 0.243 e. The topological polar surface area (TPSA) is 172 Å². The average molecular weight is 594 g/mol. The number of hydrogen-bond acceptors (Lipinski definition) is 11. The van der Waals surface area contributed by atoms with Gasteiger partial charge < -0.3 is 21.1 Å². The molecule has 4 aromatic rings. The van der Waals surface area contributed by atoms with Gasteiger partial charge >= 0.3 is 0 Å². The van der Waals surface area contributed by atoms with Crippen molar-refractivity contribution in [3.05, 3.63) is 71.3 Å². The number of hydrogen-bond donors (Lipinski definition) is 4. The lowest BCUT2D eigenvalue weighted by molar-refractivity contribution is 0.0730. The summed E-state index contributed by atoms with van der Waals surface area (Å²) in [5.74, 6) is 0.0714. The fourth-order valence-electron chi connectivity index (χ4n) is 4.37. The summed E-state index contributed by atoms with van der Waals surface area (Å²) < 4.78 is 33.4. The number of nitrogen functional groups attached to an aromatic ring is 1. The lowest BCUT2D eigenvalue weighted by atomic mass is 10.1. The minimum atomic E-state index is -3.69. The molecule has 5 rings (SSSR count). The van der Waals surface area contributed by atoms with Crippen molar-refractivity contribution < 1.29 is 13.2 Å². The van der Waals surface area contributed by atoms with Crippen LogP contribution >= 0.6 is 11.3 Å². The molecule has 1 aliphatic rings. The molecular formula is C27H31N9O3S2. The number of nitrogens with one attached hydrogen (secondary N) is 3. The number of aryl methyl sites for hydroxylation is 2. The molecule has 214 valence electrons. The molecule has 12 nitrogen and oxygen atoms in total. The summed E-state index contributed by atoms with van der Waals surface area (Å²) in [7, 11) is -3.69. The van der Waals surface area contributed by atoms with Gasteiger partial charge in [0.15, 0.2) is 5.13 Å². The molecule has 1 aromatic carbocycles. The number of morpholine rings is 1.